The topological polar surface area (TPSA) is 72.5 Å². The predicted molar refractivity (Wildman–Crippen MR) is 140 cm³/mol. The van der Waals surface area contributed by atoms with Gasteiger partial charge in [0.1, 0.15) is 50.1 Å². The van der Waals surface area contributed by atoms with E-state index in [0.29, 0.717) is 16.8 Å². The normalized spacial score (nSPS) is 14.0. The van der Waals surface area contributed by atoms with E-state index in [-0.39, 0.29) is 26.4 Å². The Morgan fingerprint density at radius 3 is 1.39 bits per heavy atom. The first-order valence-electron chi connectivity index (χ1n) is 11.5. The Labute approximate surface area is 212 Å². The van der Waals surface area contributed by atoms with E-state index in [0.717, 1.165) is 0 Å². The van der Waals surface area contributed by atoms with Crippen LogP contribution in [0.2, 0.25) is 0 Å². The lowest BCUT2D eigenvalue weighted by atomic mass is 10.3. The molecular weight excluding hydrogens is 479 g/mol. The van der Waals surface area contributed by atoms with Gasteiger partial charge in [-0.3, -0.25) is 13.6 Å². The van der Waals surface area contributed by atoms with Crippen LogP contribution in [0.25, 0.3) is 0 Å². The maximum Gasteiger partial charge on any atom is 0.362 e. The summed E-state index contributed by atoms with van der Waals surface area (Å²) >= 11 is 0. The van der Waals surface area contributed by atoms with E-state index in [1.165, 1.54) is 12.5 Å². The van der Waals surface area contributed by atoms with Gasteiger partial charge in [0.25, 0.3) is 0 Å². The quantitative estimate of drug-likeness (QED) is 0.169. The van der Waals surface area contributed by atoms with Crippen molar-refractivity contribution in [2.24, 2.45) is 0 Å². The first-order chi connectivity index (χ1) is 17.6. The second-order valence-corrected chi connectivity index (χ2v) is 9.47. The van der Waals surface area contributed by atoms with Gasteiger partial charge < -0.3 is 18.9 Å². The maximum absolute atomic E-state index is 14.3. The smallest absolute Gasteiger partial charge is 0.362 e. The van der Waals surface area contributed by atoms with Gasteiger partial charge in [0.15, 0.2) is 0 Å². The van der Waals surface area contributed by atoms with E-state index in [4.69, 9.17) is 28.0 Å². The lowest BCUT2D eigenvalue weighted by molar-refractivity contribution is 0.0205. The van der Waals surface area contributed by atoms with Crippen molar-refractivity contribution in [2.75, 3.05) is 26.4 Å². The van der Waals surface area contributed by atoms with Crippen molar-refractivity contribution in [3.8, 4) is 11.5 Å². The van der Waals surface area contributed by atoms with Crippen LogP contribution in [-0.4, -0.2) is 38.6 Å². The third-order valence-corrected chi connectivity index (χ3v) is 6.89. The van der Waals surface area contributed by atoms with Crippen LogP contribution in [0.3, 0.4) is 0 Å². The molecule has 2 unspecified atom stereocenters. The minimum atomic E-state index is -3.90. The number of hydrogen-bond donors (Lipinski definition) is 0. The van der Waals surface area contributed by atoms with Crippen molar-refractivity contribution < 1.29 is 32.6 Å². The fourth-order valence-electron chi connectivity index (χ4n) is 3.13. The molecule has 0 radical (unpaired) electrons. The van der Waals surface area contributed by atoms with Crippen molar-refractivity contribution >= 4 is 12.9 Å². The molecule has 0 fully saturated rings. The van der Waals surface area contributed by atoms with Gasteiger partial charge in [0.2, 0.25) is 0 Å². The van der Waals surface area contributed by atoms with Crippen LogP contribution in [0, 0.1) is 0 Å². The zero-order valence-corrected chi connectivity index (χ0v) is 20.9. The van der Waals surface area contributed by atoms with Crippen molar-refractivity contribution in [1.82, 2.24) is 0 Å². The lowest BCUT2D eigenvalue weighted by Crippen LogP contribution is -2.32. The number of rotatable bonds is 17. The van der Waals surface area contributed by atoms with E-state index in [9.17, 15) is 4.57 Å². The molecular formula is C28H31O7P. The molecule has 0 aliphatic rings. The highest BCUT2D eigenvalue weighted by atomic mass is 31.2. The van der Waals surface area contributed by atoms with Crippen LogP contribution in [0.5, 0.6) is 11.5 Å². The zero-order valence-electron chi connectivity index (χ0n) is 20.0. The summed E-state index contributed by atoms with van der Waals surface area (Å²) in [7, 11) is -3.90. The minimum Gasteiger partial charge on any atom is -0.499 e. The van der Waals surface area contributed by atoms with Gasteiger partial charge in [-0.2, -0.15) is 0 Å². The molecule has 0 heterocycles. The molecule has 3 aromatic carbocycles. The van der Waals surface area contributed by atoms with E-state index in [1.54, 1.807) is 24.3 Å². The highest BCUT2D eigenvalue weighted by Crippen LogP contribution is 2.49. The number of hydrogen-bond acceptors (Lipinski definition) is 7. The van der Waals surface area contributed by atoms with Crippen LogP contribution >= 0.6 is 7.60 Å². The zero-order chi connectivity index (χ0) is 25.5. The molecule has 0 spiro atoms. The molecule has 3 rings (SSSR count). The molecule has 0 aliphatic heterocycles. The molecule has 0 aliphatic carbocycles. The van der Waals surface area contributed by atoms with Crippen LogP contribution in [-0.2, 0) is 23.1 Å². The summed E-state index contributed by atoms with van der Waals surface area (Å²) in [4.78, 5) is 0. The maximum atomic E-state index is 14.3. The molecule has 0 bridgehead atoms. The van der Waals surface area contributed by atoms with Crippen LogP contribution < -0.4 is 14.8 Å². The average Bonchev–Trinajstić information content (AvgIpc) is 2.93. The number of ether oxygens (including phenoxy) is 4. The highest BCUT2D eigenvalue weighted by molar-refractivity contribution is 7.62. The second-order valence-electron chi connectivity index (χ2n) is 7.54. The Bertz CT molecular complexity index is 1010. The van der Waals surface area contributed by atoms with Crippen molar-refractivity contribution in [3.63, 3.8) is 0 Å². The first-order valence-corrected chi connectivity index (χ1v) is 13.0. The van der Waals surface area contributed by atoms with E-state index in [1.807, 2.05) is 66.7 Å². The molecule has 0 saturated heterocycles. The van der Waals surface area contributed by atoms with Crippen molar-refractivity contribution in [1.29, 1.82) is 0 Å². The van der Waals surface area contributed by atoms with E-state index in [2.05, 4.69) is 13.2 Å². The van der Waals surface area contributed by atoms with Gasteiger partial charge in [0, 0.05) is 0 Å². The molecule has 2 atom stereocenters. The molecule has 0 saturated carbocycles. The highest BCUT2D eigenvalue weighted by Gasteiger charge is 2.35. The molecule has 190 valence electrons. The van der Waals surface area contributed by atoms with Crippen LogP contribution in [0.4, 0.5) is 0 Å². The van der Waals surface area contributed by atoms with Gasteiger partial charge in [-0.25, -0.2) is 0 Å². The Hall–Kier alpha value is -3.51. The largest absolute Gasteiger partial charge is 0.499 e. The summed E-state index contributed by atoms with van der Waals surface area (Å²) in [5, 5.41) is 0.386. The molecule has 8 heteroatoms. The van der Waals surface area contributed by atoms with Gasteiger partial charge >= 0.3 is 7.60 Å². The molecule has 0 amide bonds. The Morgan fingerprint density at radius 1 is 0.611 bits per heavy atom. The van der Waals surface area contributed by atoms with Gasteiger partial charge in [-0.1, -0.05) is 67.8 Å². The summed E-state index contributed by atoms with van der Waals surface area (Å²) in [6.45, 7) is 7.43. The monoisotopic (exact) mass is 510 g/mol. The Morgan fingerprint density at radius 2 is 1.00 bits per heavy atom. The fraction of sp³-hybridized carbons (Fsp3) is 0.214. The molecule has 0 N–H and O–H groups in total. The number of para-hydroxylation sites is 2. The fourth-order valence-corrected chi connectivity index (χ4v) is 4.99. The van der Waals surface area contributed by atoms with Crippen LogP contribution in [0.15, 0.2) is 117 Å². The standard InChI is InChI=1S/C28H31O7P/c1-3-30-20-26(22-32-24-14-8-5-9-15-24)34-36(29,28-18-12-7-13-19-28)35-27(21-31-4-2)23-33-25-16-10-6-11-17-25/h3-19,26-27H,1-2,20-23H2. The van der Waals surface area contributed by atoms with Gasteiger partial charge in [-0.05, 0) is 36.4 Å². The van der Waals surface area contributed by atoms with Crippen molar-refractivity contribution in [3.05, 3.63) is 117 Å². The summed E-state index contributed by atoms with van der Waals surface area (Å²) in [6.07, 6.45) is 1.12. The van der Waals surface area contributed by atoms with Gasteiger partial charge in [-0.15, -0.1) is 0 Å². The van der Waals surface area contributed by atoms with Crippen molar-refractivity contribution in [2.45, 2.75) is 12.2 Å². The predicted octanol–water partition coefficient (Wildman–Crippen LogP) is 5.75. The number of benzene rings is 3. The third kappa shape index (κ3) is 8.93. The SMILES string of the molecule is C=COCC(COc1ccccc1)OP(=O)(OC(COC=C)COc1ccccc1)c1ccccc1. The Kier molecular flexibility index (Phi) is 11.1. The summed E-state index contributed by atoms with van der Waals surface area (Å²) < 4.78 is 48.9. The molecule has 36 heavy (non-hydrogen) atoms. The third-order valence-electron chi connectivity index (χ3n) is 4.81. The average molecular weight is 511 g/mol. The lowest BCUT2D eigenvalue weighted by Gasteiger charge is -2.28. The molecule has 3 aromatic rings. The van der Waals surface area contributed by atoms with Crippen LogP contribution in [0.1, 0.15) is 0 Å². The minimum absolute atomic E-state index is 0.0604. The first kappa shape index (κ1) is 27.1. The molecule has 0 aromatic heterocycles. The summed E-state index contributed by atoms with van der Waals surface area (Å²) in [6, 6.07) is 27.2. The van der Waals surface area contributed by atoms with E-state index >= 15 is 0 Å². The van der Waals surface area contributed by atoms with Gasteiger partial charge in [0.05, 0.1) is 17.8 Å². The second kappa shape index (κ2) is 14.8. The Balaban J connectivity index is 1.80. The summed E-state index contributed by atoms with van der Waals surface area (Å²) in [5.74, 6) is 1.29. The molecule has 7 nitrogen and oxygen atoms in total. The van der Waals surface area contributed by atoms with E-state index < -0.39 is 19.8 Å². The summed E-state index contributed by atoms with van der Waals surface area (Å²) in [5.41, 5.74) is 0.